The number of hydrogen-bond acceptors (Lipinski definition) is 3. The second-order valence-electron chi connectivity index (χ2n) is 5.09. The molecular weight excluding hydrogens is 242 g/mol. The summed E-state index contributed by atoms with van der Waals surface area (Å²) in [6.45, 7) is 6.17. The lowest BCUT2D eigenvalue weighted by Gasteiger charge is -2.25. The predicted molar refractivity (Wildman–Crippen MR) is 74.8 cm³/mol. The summed E-state index contributed by atoms with van der Waals surface area (Å²) in [7, 11) is 1.89. The maximum Gasteiger partial charge on any atom is 0.220 e. The Morgan fingerprint density at radius 3 is 2.58 bits per heavy atom. The Balaban J connectivity index is 2.38. The van der Waals surface area contributed by atoms with Crippen molar-refractivity contribution in [1.29, 1.82) is 0 Å². The van der Waals surface area contributed by atoms with Gasteiger partial charge in [-0.2, -0.15) is 5.10 Å². The normalized spacial score (nSPS) is 11.6. The van der Waals surface area contributed by atoms with Crippen LogP contribution in [0.1, 0.15) is 44.4 Å². The van der Waals surface area contributed by atoms with Crippen molar-refractivity contribution in [2.75, 3.05) is 6.54 Å². The van der Waals surface area contributed by atoms with Crippen molar-refractivity contribution in [3.05, 3.63) is 17.5 Å². The molecule has 2 N–H and O–H groups in total. The van der Waals surface area contributed by atoms with Crippen molar-refractivity contribution in [3.63, 3.8) is 0 Å². The summed E-state index contributed by atoms with van der Waals surface area (Å²) in [5, 5.41) is 17.0. The summed E-state index contributed by atoms with van der Waals surface area (Å²) in [4.78, 5) is 11.8. The van der Waals surface area contributed by atoms with Gasteiger partial charge in [0.15, 0.2) is 0 Å². The van der Waals surface area contributed by atoms with E-state index in [1.807, 2.05) is 27.8 Å². The Labute approximate surface area is 115 Å². The lowest BCUT2D eigenvalue weighted by Crippen LogP contribution is -2.42. The molecule has 0 atom stereocenters. The van der Waals surface area contributed by atoms with Gasteiger partial charge in [-0.1, -0.05) is 13.8 Å². The van der Waals surface area contributed by atoms with Gasteiger partial charge in [-0.25, -0.2) is 0 Å². The molecule has 1 aromatic heterocycles. The minimum atomic E-state index is -0.778. The average molecular weight is 267 g/mol. The Hall–Kier alpha value is -1.36. The molecule has 0 spiro atoms. The largest absolute Gasteiger partial charge is 0.388 e. The van der Waals surface area contributed by atoms with Gasteiger partial charge in [-0.3, -0.25) is 9.48 Å². The van der Waals surface area contributed by atoms with Crippen LogP contribution in [0.2, 0.25) is 0 Å². The van der Waals surface area contributed by atoms with Crippen LogP contribution in [-0.4, -0.2) is 32.9 Å². The Morgan fingerprint density at radius 2 is 2.11 bits per heavy atom. The van der Waals surface area contributed by atoms with E-state index in [0.29, 0.717) is 32.2 Å². The van der Waals surface area contributed by atoms with Crippen molar-refractivity contribution in [1.82, 2.24) is 15.1 Å². The highest BCUT2D eigenvalue weighted by atomic mass is 16.3. The molecule has 0 aliphatic rings. The van der Waals surface area contributed by atoms with E-state index in [9.17, 15) is 9.90 Å². The van der Waals surface area contributed by atoms with Crippen LogP contribution in [0, 0.1) is 6.92 Å². The van der Waals surface area contributed by atoms with Crippen LogP contribution in [0.3, 0.4) is 0 Å². The van der Waals surface area contributed by atoms with Gasteiger partial charge < -0.3 is 10.4 Å². The van der Waals surface area contributed by atoms with E-state index in [1.54, 1.807) is 10.9 Å². The number of rotatable bonds is 7. The molecule has 0 aliphatic carbocycles. The molecule has 0 unspecified atom stereocenters. The molecule has 1 rings (SSSR count). The molecule has 19 heavy (non-hydrogen) atoms. The molecule has 0 saturated carbocycles. The highest BCUT2D eigenvalue weighted by Crippen LogP contribution is 2.13. The van der Waals surface area contributed by atoms with Crippen molar-refractivity contribution in [2.24, 2.45) is 7.05 Å². The molecule has 1 aromatic rings. The van der Waals surface area contributed by atoms with Crippen LogP contribution in [0.25, 0.3) is 0 Å². The average Bonchev–Trinajstić information content (AvgIpc) is 2.74. The van der Waals surface area contributed by atoms with Gasteiger partial charge in [0.25, 0.3) is 0 Å². The van der Waals surface area contributed by atoms with Gasteiger partial charge in [-0.05, 0) is 31.7 Å². The number of aryl methyl sites for hydroxylation is 2. The summed E-state index contributed by atoms with van der Waals surface area (Å²) in [5.41, 5.74) is 1.41. The standard InChI is InChI=1S/C14H25N3O2/c1-5-14(19,6-2)10-15-13(18)8-7-12-9-16-17(4)11(12)3/h9,19H,5-8,10H2,1-4H3,(H,15,18). The minimum absolute atomic E-state index is 0.0245. The number of carbonyl (C=O) groups excluding carboxylic acids is 1. The third kappa shape index (κ3) is 4.35. The van der Waals surface area contributed by atoms with Crippen LogP contribution < -0.4 is 5.32 Å². The molecule has 0 fully saturated rings. The van der Waals surface area contributed by atoms with E-state index in [0.717, 1.165) is 11.3 Å². The summed E-state index contributed by atoms with van der Waals surface area (Å²) < 4.78 is 1.81. The minimum Gasteiger partial charge on any atom is -0.388 e. The van der Waals surface area contributed by atoms with Gasteiger partial charge in [0.1, 0.15) is 0 Å². The first-order valence-electron chi connectivity index (χ1n) is 6.88. The first-order chi connectivity index (χ1) is 8.91. The van der Waals surface area contributed by atoms with E-state index < -0.39 is 5.60 Å². The van der Waals surface area contributed by atoms with Crippen molar-refractivity contribution in [3.8, 4) is 0 Å². The first kappa shape index (κ1) is 15.7. The topological polar surface area (TPSA) is 67.2 Å². The number of aliphatic hydroxyl groups is 1. The zero-order valence-corrected chi connectivity index (χ0v) is 12.4. The fourth-order valence-corrected chi connectivity index (χ4v) is 1.89. The summed E-state index contributed by atoms with van der Waals surface area (Å²) in [5.74, 6) is -0.0245. The predicted octanol–water partition coefficient (Wildman–Crippen LogP) is 1.33. The van der Waals surface area contributed by atoms with Gasteiger partial charge in [0.05, 0.1) is 11.8 Å². The molecule has 108 valence electrons. The monoisotopic (exact) mass is 267 g/mol. The Morgan fingerprint density at radius 1 is 1.47 bits per heavy atom. The summed E-state index contributed by atoms with van der Waals surface area (Å²) in [6.07, 6.45) is 4.20. The van der Waals surface area contributed by atoms with Gasteiger partial charge >= 0.3 is 0 Å². The zero-order valence-electron chi connectivity index (χ0n) is 12.4. The third-order valence-electron chi connectivity index (χ3n) is 3.89. The second-order valence-corrected chi connectivity index (χ2v) is 5.09. The molecule has 1 amide bonds. The lowest BCUT2D eigenvalue weighted by atomic mass is 9.97. The number of carbonyl (C=O) groups is 1. The molecule has 0 aliphatic heterocycles. The maximum atomic E-state index is 11.8. The van der Waals surface area contributed by atoms with Crippen LogP contribution in [0.15, 0.2) is 6.20 Å². The highest BCUT2D eigenvalue weighted by Gasteiger charge is 2.22. The van der Waals surface area contributed by atoms with E-state index in [2.05, 4.69) is 10.4 Å². The second kappa shape index (κ2) is 6.70. The van der Waals surface area contributed by atoms with Crippen LogP contribution in [-0.2, 0) is 18.3 Å². The zero-order chi connectivity index (χ0) is 14.5. The lowest BCUT2D eigenvalue weighted by molar-refractivity contribution is -0.122. The SMILES string of the molecule is CCC(O)(CC)CNC(=O)CCc1cnn(C)c1C. The van der Waals surface area contributed by atoms with Gasteiger partial charge in [-0.15, -0.1) is 0 Å². The van der Waals surface area contributed by atoms with E-state index in [1.165, 1.54) is 0 Å². The number of nitrogens with zero attached hydrogens (tertiary/aromatic N) is 2. The summed E-state index contributed by atoms with van der Waals surface area (Å²) >= 11 is 0. The fraction of sp³-hybridized carbons (Fsp3) is 0.714. The Kier molecular flexibility index (Phi) is 5.54. The van der Waals surface area contributed by atoms with Crippen molar-refractivity contribution >= 4 is 5.91 Å². The van der Waals surface area contributed by atoms with E-state index in [-0.39, 0.29) is 5.91 Å². The number of hydrogen-bond donors (Lipinski definition) is 2. The number of aromatic nitrogens is 2. The third-order valence-corrected chi connectivity index (χ3v) is 3.89. The van der Waals surface area contributed by atoms with Gasteiger partial charge in [0.2, 0.25) is 5.91 Å². The number of nitrogens with one attached hydrogen (secondary N) is 1. The molecule has 0 saturated heterocycles. The van der Waals surface area contributed by atoms with Crippen molar-refractivity contribution < 1.29 is 9.90 Å². The number of amides is 1. The first-order valence-corrected chi connectivity index (χ1v) is 6.88. The maximum absolute atomic E-state index is 11.8. The molecule has 0 radical (unpaired) electrons. The quantitative estimate of drug-likeness (QED) is 0.783. The van der Waals surface area contributed by atoms with Crippen molar-refractivity contribution in [2.45, 2.75) is 52.1 Å². The molecular formula is C14H25N3O2. The van der Waals surface area contributed by atoms with Crippen LogP contribution in [0.4, 0.5) is 0 Å². The summed E-state index contributed by atoms with van der Waals surface area (Å²) in [6, 6.07) is 0. The van der Waals surface area contributed by atoms with Crippen LogP contribution in [0.5, 0.6) is 0 Å². The van der Waals surface area contributed by atoms with E-state index in [4.69, 9.17) is 0 Å². The molecule has 1 heterocycles. The fourth-order valence-electron chi connectivity index (χ4n) is 1.89. The van der Waals surface area contributed by atoms with Crippen LogP contribution >= 0.6 is 0 Å². The van der Waals surface area contributed by atoms with E-state index >= 15 is 0 Å². The smallest absolute Gasteiger partial charge is 0.220 e. The molecule has 0 aromatic carbocycles. The Bertz CT molecular complexity index is 422. The molecule has 5 nitrogen and oxygen atoms in total. The highest BCUT2D eigenvalue weighted by molar-refractivity contribution is 5.76. The molecule has 5 heteroatoms. The molecule has 0 bridgehead atoms. The van der Waals surface area contributed by atoms with Gasteiger partial charge in [0, 0.05) is 25.7 Å².